The minimum atomic E-state index is -0.484. The van der Waals surface area contributed by atoms with Crippen LogP contribution in [0.2, 0.25) is 0 Å². The molecule has 0 radical (unpaired) electrons. The Kier molecular flexibility index (Phi) is 5.54. The summed E-state index contributed by atoms with van der Waals surface area (Å²) in [5, 5.41) is 3.83. The quantitative estimate of drug-likeness (QED) is 0.855. The van der Waals surface area contributed by atoms with Crippen LogP contribution in [0.1, 0.15) is 52.5 Å². The summed E-state index contributed by atoms with van der Waals surface area (Å²) in [6.45, 7) is 8.60. The van der Waals surface area contributed by atoms with Crippen LogP contribution in [0.25, 0.3) is 0 Å². The first-order valence-electron chi connectivity index (χ1n) is 8.96. The van der Waals surface area contributed by atoms with E-state index in [2.05, 4.69) is 26.1 Å². The molecule has 0 aliphatic carbocycles. The fourth-order valence-electron chi connectivity index (χ4n) is 3.55. The van der Waals surface area contributed by atoms with E-state index in [0.29, 0.717) is 6.04 Å². The van der Waals surface area contributed by atoms with Gasteiger partial charge in [-0.25, -0.2) is 4.39 Å². The molecule has 1 unspecified atom stereocenters. The zero-order valence-corrected chi connectivity index (χ0v) is 15.9. The Morgan fingerprint density at radius 3 is 2.80 bits per heavy atom. The number of carbonyl (C=O) groups is 1. The predicted octanol–water partition coefficient (Wildman–Crippen LogP) is 3.71. The number of nitrogens with one attached hydrogen (secondary N) is 2. The monoisotopic (exact) mass is 361 g/mol. The van der Waals surface area contributed by atoms with Crippen LogP contribution in [0.5, 0.6) is 0 Å². The maximum Gasteiger partial charge on any atom is 0.259 e. The summed E-state index contributed by atoms with van der Waals surface area (Å²) >= 11 is 1.59. The number of hydrogen-bond donors (Lipinski definition) is 2. The van der Waals surface area contributed by atoms with Crippen LogP contribution in [0.15, 0.2) is 24.3 Å². The van der Waals surface area contributed by atoms with Crippen molar-refractivity contribution < 1.29 is 14.1 Å². The van der Waals surface area contributed by atoms with Crippen LogP contribution in [-0.2, 0) is 6.54 Å². The van der Waals surface area contributed by atoms with E-state index < -0.39 is 5.82 Å². The number of likely N-dealkylation sites (tertiary alicyclic amines) is 1. The van der Waals surface area contributed by atoms with Crippen molar-refractivity contribution in [3.63, 3.8) is 0 Å². The molecule has 1 aromatic carbocycles. The van der Waals surface area contributed by atoms with Gasteiger partial charge in [0.25, 0.3) is 5.91 Å². The SMILES string of the molecule is Cc1sc(NC(=O)c2ccccc2F)c(C[NH+]2CCCC[C@@H]2C)c1C. The van der Waals surface area contributed by atoms with Gasteiger partial charge in [-0.05, 0) is 57.7 Å². The standard InChI is InChI=1S/C20H25FN2OS/c1-13-8-6-7-11-23(13)12-17-14(2)15(3)25-20(17)22-19(24)16-9-4-5-10-18(16)21/h4-5,9-10,13H,6-8,11-12H2,1-3H3,(H,22,24)/p+1/t13-/m0/s1. The van der Waals surface area contributed by atoms with Gasteiger partial charge in [0.1, 0.15) is 17.4 Å². The molecule has 0 bridgehead atoms. The molecular formula is C20H26FN2OS+. The third kappa shape index (κ3) is 3.93. The number of thiophene rings is 1. The summed E-state index contributed by atoms with van der Waals surface area (Å²) in [6, 6.07) is 6.76. The average molecular weight is 362 g/mol. The van der Waals surface area contributed by atoms with E-state index >= 15 is 0 Å². The van der Waals surface area contributed by atoms with Gasteiger partial charge >= 0.3 is 0 Å². The van der Waals surface area contributed by atoms with Gasteiger partial charge in [0.2, 0.25) is 0 Å². The minimum absolute atomic E-state index is 0.0934. The maximum absolute atomic E-state index is 13.9. The predicted molar refractivity (Wildman–Crippen MR) is 101 cm³/mol. The molecule has 2 atom stereocenters. The summed E-state index contributed by atoms with van der Waals surface area (Å²) in [6.07, 6.45) is 3.83. The molecule has 3 nitrogen and oxygen atoms in total. The zero-order chi connectivity index (χ0) is 18.0. The highest BCUT2D eigenvalue weighted by Crippen LogP contribution is 2.32. The molecule has 3 rings (SSSR count). The first-order chi connectivity index (χ1) is 12.0. The van der Waals surface area contributed by atoms with Crippen LogP contribution in [0.3, 0.4) is 0 Å². The van der Waals surface area contributed by atoms with Gasteiger partial charge in [-0.2, -0.15) is 0 Å². The molecule has 2 N–H and O–H groups in total. The lowest BCUT2D eigenvalue weighted by Gasteiger charge is -2.30. The van der Waals surface area contributed by atoms with Crippen molar-refractivity contribution in [2.24, 2.45) is 0 Å². The Balaban J connectivity index is 1.83. The van der Waals surface area contributed by atoms with E-state index in [1.807, 2.05) is 0 Å². The molecule has 25 heavy (non-hydrogen) atoms. The number of carbonyl (C=O) groups excluding carboxylic acids is 1. The second-order valence-electron chi connectivity index (χ2n) is 7.01. The maximum atomic E-state index is 13.9. The Bertz CT molecular complexity index is 771. The van der Waals surface area contributed by atoms with Crippen LogP contribution in [-0.4, -0.2) is 18.5 Å². The summed E-state index contributed by atoms with van der Waals surface area (Å²) in [7, 11) is 0. The van der Waals surface area contributed by atoms with Crippen molar-refractivity contribution in [2.45, 2.75) is 52.6 Å². The fourth-order valence-corrected chi connectivity index (χ4v) is 4.62. The lowest BCUT2D eigenvalue weighted by molar-refractivity contribution is -0.941. The molecule has 1 saturated heterocycles. The van der Waals surface area contributed by atoms with Crippen molar-refractivity contribution in [3.8, 4) is 0 Å². The van der Waals surface area contributed by atoms with E-state index in [0.717, 1.165) is 11.5 Å². The third-order valence-corrected chi connectivity index (χ3v) is 6.51. The number of rotatable bonds is 4. The van der Waals surface area contributed by atoms with E-state index in [1.54, 1.807) is 28.4 Å². The Morgan fingerprint density at radius 2 is 2.08 bits per heavy atom. The van der Waals surface area contributed by atoms with E-state index in [1.165, 1.54) is 53.9 Å². The number of anilines is 1. The molecular weight excluding hydrogens is 335 g/mol. The third-order valence-electron chi connectivity index (χ3n) is 5.34. The smallest absolute Gasteiger partial charge is 0.259 e. The molecule has 1 aromatic heterocycles. The van der Waals surface area contributed by atoms with Gasteiger partial charge < -0.3 is 10.2 Å². The highest BCUT2D eigenvalue weighted by atomic mass is 32.1. The highest BCUT2D eigenvalue weighted by Gasteiger charge is 2.26. The molecule has 1 fully saturated rings. The summed E-state index contributed by atoms with van der Waals surface area (Å²) in [5.41, 5.74) is 2.55. The summed E-state index contributed by atoms with van der Waals surface area (Å²) in [4.78, 5) is 15.3. The lowest BCUT2D eigenvalue weighted by Crippen LogP contribution is -3.14. The van der Waals surface area contributed by atoms with Crippen LogP contribution in [0, 0.1) is 19.7 Å². The van der Waals surface area contributed by atoms with Gasteiger partial charge in [-0.15, -0.1) is 11.3 Å². The minimum Gasteiger partial charge on any atom is -0.329 e. The average Bonchev–Trinajstić information content (AvgIpc) is 2.84. The molecule has 0 spiro atoms. The number of amides is 1. The van der Waals surface area contributed by atoms with Crippen LogP contribution in [0.4, 0.5) is 9.39 Å². The van der Waals surface area contributed by atoms with Gasteiger partial charge in [0.05, 0.1) is 18.2 Å². The Morgan fingerprint density at radius 1 is 1.32 bits per heavy atom. The number of piperidine rings is 1. The van der Waals surface area contributed by atoms with Gasteiger partial charge in [0.15, 0.2) is 0 Å². The lowest BCUT2D eigenvalue weighted by atomic mass is 10.0. The van der Waals surface area contributed by atoms with Crippen molar-refractivity contribution in [1.29, 1.82) is 0 Å². The molecule has 5 heteroatoms. The second kappa shape index (κ2) is 7.67. The topological polar surface area (TPSA) is 33.5 Å². The van der Waals surface area contributed by atoms with Crippen molar-refractivity contribution >= 4 is 22.2 Å². The number of aryl methyl sites for hydroxylation is 1. The van der Waals surface area contributed by atoms with Gasteiger partial charge in [0, 0.05) is 10.4 Å². The molecule has 1 aliphatic heterocycles. The normalized spacial score (nSPS) is 20.5. The van der Waals surface area contributed by atoms with Crippen molar-refractivity contribution in [3.05, 3.63) is 51.7 Å². The number of quaternary nitrogens is 1. The number of hydrogen-bond acceptors (Lipinski definition) is 2. The number of benzene rings is 1. The number of halogens is 1. The summed E-state index contributed by atoms with van der Waals surface area (Å²) in [5.74, 6) is -0.857. The van der Waals surface area contributed by atoms with Gasteiger partial charge in [-0.1, -0.05) is 12.1 Å². The second-order valence-corrected chi connectivity index (χ2v) is 8.23. The first kappa shape index (κ1) is 18.1. The summed E-state index contributed by atoms with van der Waals surface area (Å²) < 4.78 is 13.9. The molecule has 134 valence electrons. The first-order valence-corrected chi connectivity index (χ1v) is 9.78. The van der Waals surface area contributed by atoms with Crippen molar-refractivity contribution in [2.75, 3.05) is 11.9 Å². The van der Waals surface area contributed by atoms with Gasteiger partial charge in [-0.3, -0.25) is 4.79 Å². The highest BCUT2D eigenvalue weighted by molar-refractivity contribution is 7.16. The molecule has 2 heterocycles. The molecule has 2 aromatic rings. The van der Waals surface area contributed by atoms with Crippen molar-refractivity contribution in [1.82, 2.24) is 0 Å². The zero-order valence-electron chi connectivity index (χ0n) is 15.1. The van der Waals surface area contributed by atoms with Crippen LogP contribution >= 0.6 is 11.3 Å². The molecule has 1 aliphatic rings. The largest absolute Gasteiger partial charge is 0.329 e. The molecule has 1 amide bonds. The fraction of sp³-hybridized carbons (Fsp3) is 0.450. The van der Waals surface area contributed by atoms with E-state index in [9.17, 15) is 9.18 Å². The Labute approximate surface area is 152 Å². The Hall–Kier alpha value is -1.72. The van der Waals surface area contributed by atoms with E-state index in [4.69, 9.17) is 0 Å². The molecule has 0 saturated carbocycles. The van der Waals surface area contributed by atoms with Crippen LogP contribution < -0.4 is 10.2 Å². The van der Waals surface area contributed by atoms with E-state index in [-0.39, 0.29) is 11.5 Å².